The maximum Gasteiger partial charge on any atom is 0.231 e. The molecular formula is C16H27N3O2. The molecule has 2 N–H and O–H groups in total. The maximum atomic E-state index is 12.5. The molecule has 118 valence electrons. The van der Waals surface area contributed by atoms with E-state index < -0.39 is 5.91 Å². The highest BCUT2D eigenvalue weighted by Crippen LogP contribution is 2.16. The third-order valence-electron chi connectivity index (χ3n) is 3.56. The van der Waals surface area contributed by atoms with Gasteiger partial charge in [-0.15, -0.1) is 0 Å². The summed E-state index contributed by atoms with van der Waals surface area (Å²) in [6.45, 7) is 12.0. The van der Waals surface area contributed by atoms with E-state index in [0.29, 0.717) is 12.5 Å². The highest BCUT2D eigenvalue weighted by atomic mass is 16.1. The summed E-state index contributed by atoms with van der Waals surface area (Å²) in [6.07, 6.45) is 0. The number of rotatable bonds is 8. The monoisotopic (exact) mass is 293 g/mol. The van der Waals surface area contributed by atoms with Gasteiger partial charge in [0.15, 0.2) is 5.78 Å². The Bertz CT molecular complexity index is 518. The smallest absolute Gasteiger partial charge is 0.231 e. The van der Waals surface area contributed by atoms with Crippen molar-refractivity contribution in [3.05, 3.63) is 23.0 Å². The predicted octanol–water partition coefficient (Wildman–Crippen LogP) is 1.75. The standard InChI is InChI=1S/C16H27N3O2/c1-6-19-12(4)7-14(13(19)5)15(20)9-18(8-11(2)3)10-16(17)21/h7,11H,6,8-10H2,1-5H3,(H2,17,21). The Labute approximate surface area is 127 Å². The summed E-state index contributed by atoms with van der Waals surface area (Å²) in [6, 6.07) is 1.93. The van der Waals surface area contributed by atoms with Crippen molar-refractivity contribution >= 4 is 11.7 Å². The number of hydrogen-bond donors (Lipinski definition) is 1. The SMILES string of the molecule is CCn1c(C)cc(C(=O)CN(CC(N)=O)CC(C)C)c1C. The van der Waals surface area contributed by atoms with Gasteiger partial charge in [0.05, 0.1) is 13.1 Å². The second kappa shape index (κ2) is 7.41. The molecule has 5 nitrogen and oxygen atoms in total. The van der Waals surface area contributed by atoms with Gasteiger partial charge in [0.1, 0.15) is 0 Å². The number of aromatic nitrogens is 1. The number of hydrogen-bond acceptors (Lipinski definition) is 3. The molecule has 0 aromatic carbocycles. The minimum Gasteiger partial charge on any atom is -0.369 e. The van der Waals surface area contributed by atoms with E-state index in [0.717, 1.165) is 23.5 Å². The number of primary amides is 1. The van der Waals surface area contributed by atoms with Crippen LogP contribution in [0.4, 0.5) is 0 Å². The van der Waals surface area contributed by atoms with Crippen LogP contribution in [0.25, 0.3) is 0 Å². The second-order valence-electron chi connectivity index (χ2n) is 5.98. The van der Waals surface area contributed by atoms with E-state index in [9.17, 15) is 9.59 Å². The number of amides is 1. The molecule has 0 aliphatic heterocycles. The summed E-state index contributed by atoms with van der Waals surface area (Å²) in [5, 5.41) is 0. The Morgan fingerprint density at radius 1 is 1.29 bits per heavy atom. The van der Waals surface area contributed by atoms with Crippen LogP contribution in [-0.4, -0.2) is 40.8 Å². The normalized spacial score (nSPS) is 11.4. The van der Waals surface area contributed by atoms with E-state index in [1.807, 2.05) is 24.8 Å². The van der Waals surface area contributed by atoms with Crippen molar-refractivity contribution in [3.63, 3.8) is 0 Å². The van der Waals surface area contributed by atoms with Crippen molar-refractivity contribution in [3.8, 4) is 0 Å². The number of carbonyl (C=O) groups excluding carboxylic acids is 2. The third-order valence-corrected chi connectivity index (χ3v) is 3.56. The number of nitrogens with two attached hydrogens (primary N) is 1. The lowest BCUT2D eigenvalue weighted by Crippen LogP contribution is -2.39. The van der Waals surface area contributed by atoms with Gasteiger partial charge >= 0.3 is 0 Å². The number of carbonyl (C=O) groups is 2. The van der Waals surface area contributed by atoms with Crippen LogP contribution in [0.2, 0.25) is 0 Å². The van der Waals surface area contributed by atoms with Crippen molar-refractivity contribution in [2.75, 3.05) is 19.6 Å². The summed E-state index contributed by atoms with van der Waals surface area (Å²) in [5.74, 6) is 0.0207. The zero-order valence-corrected chi connectivity index (χ0v) is 13.8. The first-order chi connectivity index (χ1) is 9.76. The first-order valence-corrected chi connectivity index (χ1v) is 7.46. The Kier molecular flexibility index (Phi) is 6.15. The van der Waals surface area contributed by atoms with Gasteiger partial charge in [-0.3, -0.25) is 14.5 Å². The molecule has 21 heavy (non-hydrogen) atoms. The van der Waals surface area contributed by atoms with E-state index in [1.54, 1.807) is 0 Å². The minimum absolute atomic E-state index is 0.0460. The highest BCUT2D eigenvalue weighted by Gasteiger charge is 2.19. The molecule has 0 saturated carbocycles. The topological polar surface area (TPSA) is 68.3 Å². The fourth-order valence-electron chi connectivity index (χ4n) is 2.78. The molecule has 0 aliphatic rings. The maximum absolute atomic E-state index is 12.5. The minimum atomic E-state index is -0.400. The number of nitrogens with zero attached hydrogens (tertiary/aromatic N) is 2. The Morgan fingerprint density at radius 3 is 2.33 bits per heavy atom. The predicted molar refractivity (Wildman–Crippen MR) is 84.4 cm³/mol. The molecule has 0 bridgehead atoms. The molecule has 0 saturated heterocycles. The summed E-state index contributed by atoms with van der Waals surface area (Å²) in [4.78, 5) is 25.5. The lowest BCUT2D eigenvalue weighted by atomic mass is 10.1. The van der Waals surface area contributed by atoms with Gasteiger partial charge in [0, 0.05) is 30.0 Å². The van der Waals surface area contributed by atoms with Crippen molar-refractivity contribution in [1.82, 2.24) is 9.47 Å². The first kappa shape index (κ1) is 17.4. The summed E-state index contributed by atoms with van der Waals surface area (Å²) >= 11 is 0. The third kappa shape index (κ3) is 4.70. The molecule has 1 amide bonds. The van der Waals surface area contributed by atoms with E-state index in [-0.39, 0.29) is 18.9 Å². The lowest BCUT2D eigenvalue weighted by molar-refractivity contribution is -0.119. The number of Topliss-reactive ketones (excluding diaryl/α,β-unsaturated/α-hetero) is 1. The van der Waals surface area contributed by atoms with Crippen molar-refractivity contribution in [2.45, 2.75) is 41.2 Å². The quantitative estimate of drug-likeness (QED) is 0.742. The highest BCUT2D eigenvalue weighted by molar-refractivity contribution is 5.99. The summed E-state index contributed by atoms with van der Waals surface area (Å²) < 4.78 is 2.12. The molecule has 0 atom stereocenters. The van der Waals surface area contributed by atoms with Gasteiger partial charge in [-0.2, -0.15) is 0 Å². The number of ketones is 1. The zero-order chi connectivity index (χ0) is 16.2. The van der Waals surface area contributed by atoms with Gasteiger partial charge in [0.25, 0.3) is 0 Å². The van der Waals surface area contributed by atoms with Crippen LogP contribution < -0.4 is 5.73 Å². The Hall–Kier alpha value is -1.62. The van der Waals surface area contributed by atoms with Gasteiger partial charge in [0.2, 0.25) is 5.91 Å². The molecule has 1 aromatic heterocycles. The van der Waals surface area contributed by atoms with Gasteiger partial charge < -0.3 is 10.3 Å². The van der Waals surface area contributed by atoms with Crippen LogP contribution in [0, 0.1) is 19.8 Å². The fraction of sp³-hybridized carbons (Fsp3) is 0.625. The fourth-order valence-corrected chi connectivity index (χ4v) is 2.78. The molecule has 0 aliphatic carbocycles. The van der Waals surface area contributed by atoms with Crippen LogP contribution in [-0.2, 0) is 11.3 Å². The Balaban J connectivity index is 2.88. The van der Waals surface area contributed by atoms with E-state index >= 15 is 0 Å². The summed E-state index contributed by atoms with van der Waals surface area (Å²) in [7, 11) is 0. The zero-order valence-electron chi connectivity index (χ0n) is 13.8. The van der Waals surface area contributed by atoms with Gasteiger partial charge in [-0.05, 0) is 32.8 Å². The molecule has 0 unspecified atom stereocenters. The van der Waals surface area contributed by atoms with Crippen LogP contribution in [0.5, 0.6) is 0 Å². The van der Waals surface area contributed by atoms with Gasteiger partial charge in [-0.1, -0.05) is 13.8 Å². The van der Waals surface area contributed by atoms with Crippen LogP contribution in [0.3, 0.4) is 0 Å². The van der Waals surface area contributed by atoms with Crippen molar-refractivity contribution in [1.29, 1.82) is 0 Å². The van der Waals surface area contributed by atoms with E-state index in [1.165, 1.54) is 0 Å². The van der Waals surface area contributed by atoms with Crippen LogP contribution >= 0.6 is 0 Å². The van der Waals surface area contributed by atoms with Crippen molar-refractivity contribution < 1.29 is 9.59 Å². The van der Waals surface area contributed by atoms with Crippen molar-refractivity contribution in [2.24, 2.45) is 11.7 Å². The molecule has 0 spiro atoms. The average Bonchev–Trinajstić information content (AvgIpc) is 2.62. The van der Waals surface area contributed by atoms with E-state index in [2.05, 4.69) is 25.3 Å². The van der Waals surface area contributed by atoms with Crippen LogP contribution in [0.1, 0.15) is 42.5 Å². The van der Waals surface area contributed by atoms with Crippen LogP contribution in [0.15, 0.2) is 6.07 Å². The molecule has 5 heteroatoms. The molecule has 0 fully saturated rings. The number of aryl methyl sites for hydroxylation is 1. The molecule has 1 heterocycles. The Morgan fingerprint density at radius 2 is 1.90 bits per heavy atom. The summed E-state index contributed by atoms with van der Waals surface area (Å²) in [5.41, 5.74) is 8.09. The largest absolute Gasteiger partial charge is 0.369 e. The van der Waals surface area contributed by atoms with Gasteiger partial charge in [-0.25, -0.2) is 0 Å². The average molecular weight is 293 g/mol. The molecule has 1 rings (SSSR count). The molecular weight excluding hydrogens is 266 g/mol. The first-order valence-electron chi connectivity index (χ1n) is 7.46. The second-order valence-corrected chi connectivity index (χ2v) is 5.98. The molecule has 0 radical (unpaired) electrons. The lowest BCUT2D eigenvalue weighted by Gasteiger charge is -2.21. The molecule has 1 aromatic rings. The van der Waals surface area contributed by atoms with E-state index in [4.69, 9.17) is 5.73 Å².